The first-order chi connectivity index (χ1) is 13.9. The van der Waals surface area contributed by atoms with Crippen LogP contribution in [0.2, 0.25) is 0 Å². The Morgan fingerprint density at radius 2 is 1.83 bits per heavy atom. The first-order valence-corrected chi connectivity index (χ1v) is 9.09. The van der Waals surface area contributed by atoms with E-state index < -0.39 is 12.8 Å². The standard InChI is InChI=1S/C20H22F3N3O3.HI/c1-24-19(26-15-7-8-17-18(11-15)28-10-4-9-27-17)25-12-14-5-2-3-6-16(14)29-13-20(21,22)23;/h2-3,5-8,11H,4,9-10,12-13H2,1H3,(H2,24,25,26);1H. The highest BCUT2D eigenvalue weighted by Crippen LogP contribution is 2.32. The Kier molecular flexibility index (Phi) is 8.88. The van der Waals surface area contributed by atoms with E-state index in [0.717, 1.165) is 12.1 Å². The molecule has 0 atom stereocenters. The average Bonchev–Trinajstić information content (AvgIpc) is 2.94. The molecule has 2 aromatic carbocycles. The number of alkyl halides is 3. The van der Waals surface area contributed by atoms with Crippen molar-refractivity contribution in [3.63, 3.8) is 0 Å². The summed E-state index contributed by atoms with van der Waals surface area (Å²) in [4.78, 5) is 4.15. The molecular formula is C20H23F3IN3O3. The van der Waals surface area contributed by atoms with Crippen LogP contribution in [0.15, 0.2) is 47.5 Å². The van der Waals surface area contributed by atoms with Gasteiger partial charge in [0.15, 0.2) is 24.1 Å². The maximum Gasteiger partial charge on any atom is 0.422 e. The van der Waals surface area contributed by atoms with Crippen molar-refractivity contribution in [2.24, 2.45) is 4.99 Å². The Balaban J connectivity index is 0.00000320. The molecule has 0 saturated heterocycles. The number of fused-ring (bicyclic) bond motifs is 1. The van der Waals surface area contributed by atoms with Crippen molar-refractivity contribution in [2.45, 2.75) is 19.1 Å². The first kappa shape index (κ1) is 23.9. The van der Waals surface area contributed by atoms with Gasteiger partial charge in [0, 0.05) is 37.3 Å². The van der Waals surface area contributed by atoms with E-state index in [1.165, 1.54) is 6.07 Å². The van der Waals surface area contributed by atoms with Gasteiger partial charge in [0.2, 0.25) is 0 Å². The van der Waals surface area contributed by atoms with Crippen molar-refractivity contribution in [3.8, 4) is 17.2 Å². The fourth-order valence-electron chi connectivity index (χ4n) is 2.69. The molecule has 0 radical (unpaired) electrons. The van der Waals surface area contributed by atoms with Gasteiger partial charge in [-0.15, -0.1) is 24.0 Å². The largest absolute Gasteiger partial charge is 0.490 e. The molecule has 0 aliphatic carbocycles. The van der Waals surface area contributed by atoms with E-state index in [-0.39, 0.29) is 36.3 Å². The minimum absolute atomic E-state index is 0. The van der Waals surface area contributed by atoms with E-state index >= 15 is 0 Å². The Labute approximate surface area is 189 Å². The summed E-state index contributed by atoms with van der Waals surface area (Å²) in [6.07, 6.45) is -3.58. The fourth-order valence-corrected chi connectivity index (χ4v) is 2.69. The zero-order chi connectivity index (χ0) is 20.7. The van der Waals surface area contributed by atoms with Gasteiger partial charge >= 0.3 is 6.18 Å². The van der Waals surface area contributed by atoms with E-state index in [4.69, 9.17) is 14.2 Å². The molecule has 0 spiro atoms. The van der Waals surface area contributed by atoms with Crippen LogP contribution >= 0.6 is 24.0 Å². The number of para-hydroxylation sites is 1. The Hall–Kier alpha value is -2.37. The van der Waals surface area contributed by atoms with Gasteiger partial charge in [0.25, 0.3) is 0 Å². The van der Waals surface area contributed by atoms with Gasteiger partial charge in [-0.2, -0.15) is 13.2 Å². The van der Waals surface area contributed by atoms with Gasteiger partial charge in [0.1, 0.15) is 5.75 Å². The van der Waals surface area contributed by atoms with Crippen LogP contribution in [0.1, 0.15) is 12.0 Å². The molecule has 2 aromatic rings. The smallest absolute Gasteiger partial charge is 0.422 e. The summed E-state index contributed by atoms with van der Waals surface area (Å²) >= 11 is 0. The van der Waals surface area contributed by atoms with Crippen LogP contribution in [0.5, 0.6) is 17.2 Å². The molecule has 0 bridgehead atoms. The van der Waals surface area contributed by atoms with E-state index in [2.05, 4.69) is 15.6 Å². The van der Waals surface area contributed by atoms with E-state index in [1.54, 1.807) is 25.2 Å². The highest BCUT2D eigenvalue weighted by Gasteiger charge is 2.28. The maximum atomic E-state index is 12.4. The number of aliphatic imine (C=N–C) groups is 1. The van der Waals surface area contributed by atoms with Crippen molar-refractivity contribution >= 4 is 35.6 Å². The molecule has 0 amide bonds. The third kappa shape index (κ3) is 7.15. The number of benzene rings is 2. The minimum Gasteiger partial charge on any atom is -0.490 e. The summed E-state index contributed by atoms with van der Waals surface area (Å²) in [7, 11) is 1.60. The van der Waals surface area contributed by atoms with E-state index in [9.17, 15) is 13.2 Å². The van der Waals surface area contributed by atoms with Crippen molar-refractivity contribution in [3.05, 3.63) is 48.0 Å². The van der Waals surface area contributed by atoms with Gasteiger partial charge < -0.3 is 24.8 Å². The van der Waals surface area contributed by atoms with Crippen molar-refractivity contribution in [2.75, 3.05) is 32.2 Å². The predicted octanol–water partition coefficient (Wildman–Crippen LogP) is 4.59. The molecule has 30 heavy (non-hydrogen) atoms. The minimum atomic E-state index is -4.39. The van der Waals surface area contributed by atoms with Crippen LogP contribution < -0.4 is 24.8 Å². The number of rotatable bonds is 5. The summed E-state index contributed by atoms with van der Waals surface area (Å²) in [5, 5.41) is 6.20. The van der Waals surface area contributed by atoms with Gasteiger partial charge in [-0.3, -0.25) is 4.99 Å². The second-order valence-corrected chi connectivity index (χ2v) is 6.27. The molecule has 10 heteroatoms. The monoisotopic (exact) mass is 537 g/mol. The molecule has 164 valence electrons. The average molecular weight is 537 g/mol. The van der Waals surface area contributed by atoms with Crippen LogP contribution in [0.25, 0.3) is 0 Å². The van der Waals surface area contributed by atoms with Crippen LogP contribution in [0.4, 0.5) is 18.9 Å². The van der Waals surface area contributed by atoms with Crippen molar-refractivity contribution in [1.29, 1.82) is 0 Å². The quantitative estimate of drug-likeness (QED) is 0.332. The second-order valence-electron chi connectivity index (χ2n) is 6.27. The summed E-state index contributed by atoms with van der Waals surface area (Å²) in [6.45, 7) is 0.0867. The summed E-state index contributed by atoms with van der Waals surface area (Å²) in [5.41, 5.74) is 1.32. The molecule has 0 fully saturated rings. The lowest BCUT2D eigenvalue weighted by Crippen LogP contribution is -2.30. The topological polar surface area (TPSA) is 64.1 Å². The number of nitrogens with one attached hydrogen (secondary N) is 2. The fraction of sp³-hybridized carbons (Fsp3) is 0.350. The number of hydrogen-bond acceptors (Lipinski definition) is 4. The second kappa shape index (κ2) is 11.1. The van der Waals surface area contributed by atoms with Crippen LogP contribution in [0, 0.1) is 0 Å². The molecule has 0 saturated carbocycles. The lowest BCUT2D eigenvalue weighted by molar-refractivity contribution is -0.153. The van der Waals surface area contributed by atoms with Gasteiger partial charge in [0.05, 0.1) is 13.2 Å². The van der Waals surface area contributed by atoms with E-state index in [1.807, 2.05) is 18.2 Å². The summed E-state index contributed by atoms with van der Waals surface area (Å²) in [6, 6.07) is 12.0. The molecule has 1 aliphatic heterocycles. The lowest BCUT2D eigenvalue weighted by Gasteiger charge is -2.16. The third-order valence-corrected chi connectivity index (χ3v) is 4.04. The number of nitrogens with zero attached hydrogens (tertiary/aromatic N) is 1. The molecule has 1 heterocycles. The van der Waals surface area contributed by atoms with E-state index in [0.29, 0.717) is 36.2 Å². The SMILES string of the molecule is CN=C(NCc1ccccc1OCC(F)(F)F)Nc1ccc2c(c1)OCCCO2.I. The number of ether oxygens (including phenoxy) is 3. The predicted molar refractivity (Wildman–Crippen MR) is 119 cm³/mol. The molecular weight excluding hydrogens is 514 g/mol. The normalized spacial score (nSPS) is 13.7. The van der Waals surface area contributed by atoms with Crippen LogP contribution in [-0.4, -0.2) is 39.0 Å². The van der Waals surface area contributed by atoms with Crippen LogP contribution in [0.3, 0.4) is 0 Å². The first-order valence-electron chi connectivity index (χ1n) is 9.09. The molecule has 6 nitrogen and oxygen atoms in total. The Morgan fingerprint density at radius 1 is 1.10 bits per heavy atom. The van der Waals surface area contributed by atoms with Gasteiger partial charge in [-0.25, -0.2) is 0 Å². The number of halogens is 4. The highest BCUT2D eigenvalue weighted by atomic mass is 127. The molecule has 0 unspecified atom stereocenters. The molecule has 0 aromatic heterocycles. The molecule has 2 N–H and O–H groups in total. The molecule has 1 aliphatic rings. The van der Waals surface area contributed by atoms with Gasteiger partial charge in [-0.05, 0) is 18.2 Å². The number of anilines is 1. The van der Waals surface area contributed by atoms with Crippen LogP contribution in [-0.2, 0) is 6.54 Å². The zero-order valence-electron chi connectivity index (χ0n) is 16.3. The zero-order valence-corrected chi connectivity index (χ0v) is 18.6. The summed E-state index contributed by atoms with van der Waals surface area (Å²) < 4.78 is 53.5. The van der Waals surface area contributed by atoms with Crippen molar-refractivity contribution < 1.29 is 27.4 Å². The van der Waals surface area contributed by atoms with Gasteiger partial charge in [-0.1, -0.05) is 18.2 Å². The lowest BCUT2D eigenvalue weighted by atomic mass is 10.2. The Bertz CT molecular complexity index is 863. The van der Waals surface area contributed by atoms with Crippen molar-refractivity contribution in [1.82, 2.24) is 5.32 Å². The highest BCUT2D eigenvalue weighted by molar-refractivity contribution is 14.0. The number of guanidine groups is 1. The maximum absolute atomic E-state index is 12.4. The molecule has 3 rings (SSSR count). The Morgan fingerprint density at radius 3 is 2.57 bits per heavy atom. The number of hydrogen-bond donors (Lipinski definition) is 2. The third-order valence-electron chi connectivity index (χ3n) is 4.04. The summed E-state index contributed by atoms with van der Waals surface area (Å²) in [5.74, 6) is 1.95.